The van der Waals surface area contributed by atoms with Crippen molar-refractivity contribution in [2.45, 2.75) is 44.8 Å². The highest BCUT2D eigenvalue weighted by Gasteiger charge is 2.60. The van der Waals surface area contributed by atoms with E-state index in [2.05, 4.69) is 0 Å². The lowest BCUT2D eigenvalue weighted by Gasteiger charge is -2.55. The summed E-state index contributed by atoms with van der Waals surface area (Å²) in [6.45, 7) is 10.9. The van der Waals surface area contributed by atoms with Gasteiger partial charge in [-0.05, 0) is 36.5 Å². The van der Waals surface area contributed by atoms with E-state index in [1.165, 1.54) is 20.4 Å². The predicted molar refractivity (Wildman–Crippen MR) is 160 cm³/mol. The van der Waals surface area contributed by atoms with Crippen LogP contribution >= 0.6 is 0 Å². The van der Waals surface area contributed by atoms with Gasteiger partial charge < -0.3 is 29.8 Å². The Morgan fingerprint density at radius 2 is 1.77 bits per heavy atom. The van der Waals surface area contributed by atoms with Crippen LogP contribution < -0.4 is 14.3 Å². The fraction of sp³-hybridized carbons (Fsp3) is 0.633. The SMILES string of the molecule is C[C@@H](O)[C@H]1C(=O)N2C(C(=O)O)=C(CN3c4cccc5c4N(CCC5CC[N+]45CC[N+](CC(N)=O)(CC4)CC5)S3(=O)=O)[C@H](C)[C@H]12. The molecule has 7 heterocycles. The molecule has 238 valence electrons. The third kappa shape index (κ3) is 4.13. The third-order valence-corrected chi connectivity index (χ3v) is 13.5. The fourth-order valence-corrected chi connectivity index (χ4v) is 10.8. The zero-order valence-corrected chi connectivity index (χ0v) is 26.1. The molecule has 44 heavy (non-hydrogen) atoms. The number of carbonyl (C=O) groups is 3. The molecule has 1 aromatic rings. The van der Waals surface area contributed by atoms with E-state index in [-0.39, 0.29) is 24.1 Å². The molecule has 2 bridgehead atoms. The monoisotopic (exact) mass is 630 g/mol. The summed E-state index contributed by atoms with van der Waals surface area (Å²) in [5, 5.41) is 20.3. The van der Waals surface area contributed by atoms with E-state index >= 15 is 0 Å². The number of rotatable bonds is 9. The molecule has 8 rings (SSSR count). The number of benzene rings is 1. The van der Waals surface area contributed by atoms with E-state index in [0.717, 1.165) is 66.8 Å². The summed E-state index contributed by atoms with van der Waals surface area (Å²) in [6, 6.07) is 5.18. The normalized spacial score (nSPS) is 35.4. The Kier molecular flexibility index (Phi) is 6.64. The maximum Gasteiger partial charge on any atom is 0.352 e. The van der Waals surface area contributed by atoms with E-state index in [9.17, 15) is 33.0 Å². The van der Waals surface area contributed by atoms with E-state index in [1.807, 2.05) is 19.1 Å². The number of hydrogen-bond donors (Lipinski definition) is 3. The van der Waals surface area contributed by atoms with Crippen LogP contribution in [0.25, 0.3) is 0 Å². The number of amides is 2. The Labute approximate surface area is 257 Å². The number of anilines is 2. The lowest BCUT2D eigenvalue weighted by molar-refractivity contribution is -1.08. The van der Waals surface area contributed by atoms with E-state index in [0.29, 0.717) is 36.5 Å². The van der Waals surface area contributed by atoms with Crippen molar-refractivity contribution in [3.8, 4) is 0 Å². The molecular weight excluding hydrogens is 588 g/mol. The van der Waals surface area contributed by atoms with Crippen LogP contribution in [0.2, 0.25) is 0 Å². The Morgan fingerprint density at radius 1 is 1.11 bits per heavy atom. The average Bonchev–Trinajstić information content (AvgIpc) is 3.34. The number of nitrogens with two attached hydrogens (primary N) is 1. The largest absolute Gasteiger partial charge is 0.477 e. The number of piperazine rings is 3. The summed E-state index contributed by atoms with van der Waals surface area (Å²) in [6.07, 6.45) is 0.703. The molecule has 7 aliphatic heterocycles. The summed E-state index contributed by atoms with van der Waals surface area (Å²) >= 11 is 0. The number of aliphatic hydroxyl groups is 1. The van der Waals surface area contributed by atoms with Gasteiger partial charge in [-0.1, -0.05) is 19.1 Å². The molecule has 1 unspecified atom stereocenters. The standard InChI is InChI=1S/C30H40N6O7S/c1-18-22(28(30(40)41)34-26(18)25(19(2)37)29(34)39)16-33-23-5-3-4-21-20(6-8-32(27(21)23)44(33,42)43)7-9-35-10-13-36(14-11-35,15-12-35)17-24(31)38/h3-5,18-20,25-26,37H,6-17H2,1-2H3,(H-2,31,38,40,41)/p+2/t18-,19+,20?,25+,26+,35?,36?/m0/s1. The number of para-hydroxylation sites is 1. The molecule has 4 N–H and O–H groups in total. The first-order valence-corrected chi connectivity index (χ1v) is 17.1. The molecule has 0 aromatic heterocycles. The first kappa shape index (κ1) is 29.5. The molecule has 14 heteroatoms. The lowest BCUT2D eigenvalue weighted by atomic mass is 9.77. The Balaban J connectivity index is 1.14. The molecule has 4 saturated heterocycles. The van der Waals surface area contributed by atoms with Crippen LogP contribution in [0.3, 0.4) is 0 Å². The summed E-state index contributed by atoms with van der Waals surface area (Å²) in [7, 11) is -3.97. The smallest absolute Gasteiger partial charge is 0.352 e. The highest BCUT2D eigenvalue weighted by Crippen LogP contribution is 2.52. The number of carbonyl (C=O) groups excluding carboxylic acids is 2. The fourth-order valence-electron chi connectivity index (χ4n) is 9.12. The number of aliphatic hydroxyl groups excluding tert-OH is 1. The van der Waals surface area contributed by atoms with Gasteiger partial charge in [-0.3, -0.25) is 13.9 Å². The number of carboxylic acid groups (broad SMARTS) is 1. The quantitative estimate of drug-likeness (QED) is 0.251. The number of β-lactam (4-membered cyclic amide) rings is 1. The van der Waals surface area contributed by atoms with Crippen LogP contribution in [-0.4, -0.2) is 128 Å². The number of hydrogen-bond acceptors (Lipinski definition) is 6. The van der Waals surface area contributed by atoms with Gasteiger partial charge >= 0.3 is 16.2 Å². The maximum absolute atomic E-state index is 14.0. The minimum absolute atomic E-state index is 0.166. The number of nitrogens with zero attached hydrogens (tertiary/aromatic N) is 5. The Bertz CT molecular complexity index is 1570. The number of primary amides is 1. The van der Waals surface area contributed by atoms with Gasteiger partial charge in [-0.2, -0.15) is 8.42 Å². The van der Waals surface area contributed by atoms with Crippen LogP contribution in [0.5, 0.6) is 0 Å². The molecule has 4 fully saturated rings. The maximum atomic E-state index is 14.0. The van der Waals surface area contributed by atoms with Gasteiger partial charge in [0.1, 0.15) is 45.0 Å². The Hall–Kier alpha value is -3.20. The van der Waals surface area contributed by atoms with Gasteiger partial charge in [0.25, 0.3) is 5.91 Å². The average molecular weight is 631 g/mol. The van der Waals surface area contributed by atoms with Crippen molar-refractivity contribution in [3.05, 3.63) is 35.0 Å². The summed E-state index contributed by atoms with van der Waals surface area (Å²) in [5.74, 6) is -2.88. The van der Waals surface area contributed by atoms with Crippen LogP contribution in [0, 0.1) is 11.8 Å². The molecular formula is C30H42N6O7S+2. The van der Waals surface area contributed by atoms with Crippen molar-refractivity contribution in [3.63, 3.8) is 0 Å². The van der Waals surface area contributed by atoms with Crippen molar-refractivity contribution in [1.82, 2.24) is 4.90 Å². The topological polar surface area (TPSA) is 162 Å². The van der Waals surface area contributed by atoms with Gasteiger partial charge in [0, 0.05) is 18.9 Å². The van der Waals surface area contributed by atoms with Crippen molar-refractivity contribution in [2.24, 2.45) is 17.6 Å². The summed E-state index contributed by atoms with van der Waals surface area (Å²) in [5.41, 5.74) is 7.98. The van der Waals surface area contributed by atoms with Gasteiger partial charge in [0.15, 0.2) is 6.54 Å². The zero-order chi connectivity index (χ0) is 31.3. The van der Waals surface area contributed by atoms with Gasteiger partial charge in [-0.15, -0.1) is 0 Å². The molecule has 2 amide bonds. The molecule has 0 spiro atoms. The summed E-state index contributed by atoms with van der Waals surface area (Å²) in [4.78, 5) is 38.1. The highest BCUT2D eigenvalue weighted by atomic mass is 32.2. The van der Waals surface area contributed by atoms with Gasteiger partial charge in [0.05, 0.1) is 42.5 Å². The minimum atomic E-state index is -3.97. The summed E-state index contributed by atoms with van der Waals surface area (Å²) < 4.78 is 32.6. The lowest BCUT2D eigenvalue weighted by Crippen LogP contribution is -2.76. The van der Waals surface area contributed by atoms with Crippen LogP contribution in [0.15, 0.2) is 29.5 Å². The second kappa shape index (κ2) is 9.90. The molecule has 0 saturated carbocycles. The minimum Gasteiger partial charge on any atom is -0.477 e. The van der Waals surface area contributed by atoms with Crippen LogP contribution in [0.4, 0.5) is 11.4 Å². The van der Waals surface area contributed by atoms with Gasteiger partial charge in [-0.25, -0.2) is 9.10 Å². The highest BCUT2D eigenvalue weighted by molar-refractivity contribution is 7.94. The van der Waals surface area contributed by atoms with Crippen molar-refractivity contribution in [1.29, 1.82) is 0 Å². The molecule has 13 nitrogen and oxygen atoms in total. The van der Waals surface area contributed by atoms with Crippen molar-refractivity contribution >= 4 is 39.4 Å². The molecule has 0 aliphatic carbocycles. The number of fused-ring (bicyclic) bond motifs is 4. The third-order valence-electron chi connectivity index (χ3n) is 11.7. The molecule has 1 aromatic carbocycles. The molecule has 7 aliphatic rings. The van der Waals surface area contributed by atoms with E-state index in [4.69, 9.17) is 5.73 Å². The van der Waals surface area contributed by atoms with E-state index in [1.54, 1.807) is 6.07 Å². The number of aliphatic carboxylic acids is 1. The molecule has 0 radical (unpaired) electrons. The predicted octanol–water partition coefficient (Wildman–Crippen LogP) is -0.222. The van der Waals surface area contributed by atoms with Crippen LogP contribution in [0.1, 0.15) is 38.2 Å². The van der Waals surface area contributed by atoms with E-state index < -0.39 is 46.1 Å². The second-order valence-corrected chi connectivity index (χ2v) is 15.7. The Morgan fingerprint density at radius 3 is 2.39 bits per heavy atom. The zero-order valence-electron chi connectivity index (χ0n) is 25.3. The second-order valence-electron chi connectivity index (χ2n) is 13.9. The van der Waals surface area contributed by atoms with Crippen molar-refractivity contribution < 1.29 is 42.0 Å². The van der Waals surface area contributed by atoms with Crippen LogP contribution in [-0.2, 0) is 24.6 Å². The van der Waals surface area contributed by atoms with Crippen molar-refractivity contribution in [2.75, 3.05) is 74.1 Å². The number of carboxylic acids is 1. The number of quaternary nitrogens is 2. The molecule has 5 atom stereocenters. The van der Waals surface area contributed by atoms with Gasteiger partial charge in [0.2, 0.25) is 5.91 Å². The first-order valence-electron chi connectivity index (χ1n) is 15.7. The first-order chi connectivity index (χ1) is 20.8.